The molecule has 0 bridgehead atoms. The van der Waals surface area contributed by atoms with Gasteiger partial charge in [0.25, 0.3) is 0 Å². The van der Waals surface area contributed by atoms with E-state index in [0.29, 0.717) is 12.1 Å². The molecule has 1 aliphatic rings. The van der Waals surface area contributed by atoms with E-state index in [1.54, 1.807) is 0 Å². The van der Waals surface area contributed by atoms with Crippen LogP contribution in [0.4, 0.5) is 0 Å². The Hall–Kier alpha value is -0.860. The van der Waals surface area contributed by atoms with Gasteiger partial charge in [-0.25, -0.2) is 0 Å². The van der Waals surface area contributed by atoms with Gasteiger partial charge in [0.15, 0.2) is 0 Å². The van der Waals surface area contributed by atoms with Crippen molar-refractivity contribution in [1.82, 2.24) is 5.32 Å². The molecule has 0 saturated heterocycles. The van der Waals surface area contributed by atoms with Gasteiger partial charge in [-0.3, -0.25) is 0 Å². The van der Waals surface area contributed by atoms with Crippen LogP contribution in [0.15, 0.2) is 30.3 Å². The Bertz CT molecular complexity index is 304. The van der Waals surface area contributed by atoms with E-state index in [2.05, 4.69) is 35.6 Å². The Morgan fingerprint density at radius 1 is 1.12 bits per heavy atom. The van der Waals surface area contributed by atoms with Crippen molar-refractivity contribution in [3.8, 4) is 0 Å². The van der Waals surface area contributed by atoms with Crippen molar-refractivity contribution in [3.05, 3.63) is 35.9 Å². The lowest BCUT2D eigenvalue weighted by atomic mass is 9.93. The summed E-state index contributed by atoms with van der Waals surface area (Å²) in [6.45, 7) is 0.749. The molecule has 1 saturated carbocycles. The van der Waals surface area contributed by atoms with E-state index in [1.165, 1.54) is 37.7 Å². The van der Waals surface area contributed by atoms with Gasteiger partial charge in [0.05, 0.1) is 0 Å². The van der Waals surface area contributed by atoms with E-state index >= 15 is 0 Å². The first-order valence-electron chi connectivity index (χ1n) is 6.91. The average Bonchev–Trinajstić information content (AvgIpc) is 2.40. The maximum absolute atomic E-state index is 5.73. The molecule has 2 heteroatoms. The van der Waals surface area contributed by atoms with Gasteiger partial charge in [0.1, 0.15) is 0 Å². The Kier molecular flexibility index (Phi) is 5.02. The summed E-state index contributed by atoms with van der Waals surface area (Å²) in [5, 5.41) is 3.79. The fourth-order valence-corrected chi connectivity index (χ4v) is 2.75. The lowest BCUT2D eigenvalue weighted by Gasteiger charge is -2.28. The van der Waals surface area contributed by atoms with Crippen molar-refractivity contribution in [2.75, 3.05) is 6.54 Å². The molecule has 1 aromatic carbocycles. The smallest absolute Gasteiger partial charge is 0.0334 e. The van der Waals surface area contributed by atoms with Crippen molar-refractivity contribution in [2.24, 2.45) is 5.73 Å². The number of nitrogens with two attached hydrogens (primary N) is 1. The molecule has 1 atom stereocenters. The molecule has 1 fully saturated rings. The summed E-state index contributed by atoms with van der Waals surface area (Å²) >= 11 is 0. The maximum Gasteiger partial charge on any atom is 0.0334 e. The van der Waals surface area contributed by atoms with Crippen LogP contribution in [0.5, 0.6) is 0 Å². The zero-order chi connectivity index (χ0) is 11.9. The van der Waals surface area contributed by atoms with Gasteiger partial charge in [0, 0.05) is 12.1 Å². The highest BCUT2D eigenvalue weighted by molar-refractivity contribution is 5.19. The normalized spacial score (nSPS) is 19.1. The molecule has 2 rings (SSSR count). The van der Waals surface area contributed by atoms with Crippen LogP contribution < -0.4 is 11.1 Å². The monoisotopic (exact) mass is 232 g/mol. The van der Waals surface area contributed by atoms with Gasteiger partial charge in [-0.2, -0.15) is 0 Å². The number of hydrogen-bond acceptors (Lipinski definition) is 2. The maximum atomic E-state index is 5.73. The van der Waals surface area contributed by atoms with Gasteiger partial charge >= 0.3 is 0 Å². The summed E-state index contributed by atoms with van der Waals surface area (Å²) in [6, 6.07) is 11.8. The van der Waals surface area contributed by atoms with Crippen molar-refractivity contribution >= 4 is 0 Å². The molecule has 0 spiro atoms. The van der Waals surface area contributed by atoms with Crippen LogP contribution in [0.2, 0.25) is 0 Å². The predicted molar refractivity (Wildman–Crippen MR) is 72.9 cm³/mol. The highest BCUT2D eigenvalue weighted by Crippen LogP contribution is 2.23. The predicted octanol–water partition coefficient (Wildman–Crippen LogP) is 3.00. The zero-order valence-corrected chi connectivity index (χ0v) is 10.6. The Balaban J connectivity index is 1.96. The minimum Gasteiger partial charge on any atom is -0.330 e. The van der Waals surface area contributed by atoms with Crippen LogP contribution >= 0.6 is 0 Å². The van der Waals surface area contributed by atoms with Crippen LogP contribution in [0.25, 0.3) is 0 Å². The summed E-state index contributed by atoms with van der Waals surface area (Å²) in [7, 11) is 0. The highest BCUT2D eigenvalue weighted by Gasteiger charge is 2.18. The molecule has 1 aromatic rings. The van der Waals surface area contributed by atoms with E-state index in [4.69, 9.17) is 5.73 Å². The molecule has 2 nitrogen and oxygen atoms in total. The second-order valence-electron chi connectivity index (χ2n) is 5.04. The van der Waals surface area contributed by atoms with Gasteiger partial charge in [0.2, 0.25) is 0 Å². The summed E-state index contributed by atoms with van der Waals surface area (Å²) in [5.74, 6) is 0. The first-order valence-corrected chi connectivity index (χ1v) is 6.91. The van der Waals surface area contributed by atoms with Gasteiger partial charge in [-0.15, -0.1) is 0 Å². The van der Waals surface area contributed by atoms with Gasteiger partial charge < -0.3 is 11.1 Å². The largest absolute Gasteiger partial charge is 0.330 e. The molecule has 3 N–H and O–H groups in total. The molecular weight excluding hydrogens is 208 g/mol. The van der Waals surface area contributed by atoms with Crippen molar-refractivity contribution < 1.29 is 0 Å². The second-order valence-corrected chi connectivity index (χ2v) is 5.04. The third kappa shape index (κ3) is 3.83. The van der Waals surface area contributed by atoms with E-state index in [9.17, 15) is 0 Å². The molecule has 0 heterocycles. The van der Waals surface area contributed by atoms with E-state index in [1.807, 2.05) is 0 Å². The summed E-state index contributed by atoms with van der Waals surface area (Å²) in [5.41, 5.74) is 7.11. The SMILES string of the molecule is NCCC(NC1CCCCC1)c1ccccc1. The van der Waals surface area contributed by atoms with Crippen LogP contribution in [-0.4, -0.2) is 12.6 Å². The molecule has 0 amide bonds. The molecule has 0 radical (unpaired) electrons. The fourth-order valence-electron chi connectivity index (χ4n) is 2.75. The second kappa shape index (κ2) is 6.77. The highest BCUT2D eigenvalue weighted by atomic mass is 15.0. The summed E-state index contributed by atoms with van der Waals surface area (Å²) < 4.78 is 0. The molecular formula is C15H24N2. The zero-order valence-electron chi connectivity index (χ0n) is 10.6. The number of nitrogens with one attached hydrogen (secondary N) is 1. The summed E-state index contributed by atoms with van der Waals surface area (Å²) in [6.07, 6.45) is 7.84. The quantitative estimate of drug-likeness (QED) is 0.819. The lowest BCUT2D eigenvalue weighted by Crippen LogP contribution is -2.35. The number of hydrogen-bond donors (Lipinski definition) is 2. The van der Waals surface area contributed by atoms with Crippen molar-refractivity contribution in [1.29, 1.82) is 0 Å². The average molecular weight is 232 g/mol. The van der Waals surface area contributed by atoms with Crippen molar-refractivity contribution in [2.45, 2.75) is 50.6 Å². The number of benzene rings is 1. The van der Waals surface area contributed by atoms with Gasteiger partial charge in [-0.05, 0) is 31.4 Å². The number of rotatable bonds is 5. The topological polar surface area (TPSA) is 38.0 Å². The molecule has 0 aromatic heterocycles. The lowest BCUT2D eigenvalue weighted by molar-refractivity contribution is 0.331. The van der Waals surface area contributed by atoms with Crippen LogP contribution in [-0.2, 0) is 0 Å². The van der Waals surface area contributed by atoms with Crippen LogP contribution in [0.3, 0.4) is 0 Å². The third-order valence-electron chi connectivity index (χ3n) is 3.70. The van der Waals surface area contributed by atoms with Crippen LogP contribution in [0.1, 0.15) is 50.1 Å². The Labute approximate surface area is 105 Å². The molecule has 0 aliphatic heterocycles. The summed E-state index contributed by atoms with van der Waals surface area (Å²) in [4.78, 5) is 0. The minimum absolute atomic E-state index is 0.435. The first kappa shape index (κ1) is 12.6. The third-order valence-corrected chi connectivity index (χ3v) is 3.70. The minimum atomic E-state index is 0.435. The van der Waals surface area contributed by atoms with E-state index in [0.717, 1.165) is 13.0 Å². The van der Waals surface area contributed by atoms with E-state index in [-0.39, 0.29) is 0 Å². The molecule has 94 valence electrons. The fraction of sp³-hybridized carbons (Fsp3) is 0.600. The molecule has 17 heavy (non-hydrogen) atoms. The van der Waals surface area contributed by atoms with Crippen LogP contribution in [0, 0.1) is 0 Å². The van der Waals surface area contributed by atoms with Crippen molar-refractivity contribution in [3.63, 3.8) is 0 Å². The Morgan fingerprint density at radius 2 is 1.82 bits per heavy atom. The van der Waals surface area contributed by atoms with E-state index < -0.39 is 0 Å². The molecule has 1 unspecified atom stereocenters. The first-order chi connectivity index (χ1) is 8.40. The molecule has 1 aliphatic carbocycles. The Morgan fingerprint density at radius 3 is 2.47 bits per heavy atom. The van der Waals surface area contributed by atoms with Gasteiger partial charge in [-0.1, -0.05) is 49.6 Å². The standard InChI is InChI=1S/C15H24N2/c16-12-11-15(13-7-3-1-4-8-13)17-14-9-5-2-6-10-14/h1,3-4,7-8,14-15,17H,2,5-6,9-12,16H2.